The summed E-state index contributed by atoms with van der Waals surface area (Å²) < 4.78 is 17.5. The van der Waals surface area contributed by atoms with Crippen molar-refractivity contribution in [1.82, 2.24) is 34.2 Å². The van der Waals surface area contributed by atoms with Gasteiger partial charge >= 0.3 is 0 Å². The minimum absolute atomic E-state index is 0.0197. The van der Waals surface area contributed by atoms with Gasteiger partial charge in [-0.3, -0.25) is 9.36 Å². The molecular weight excluding hydrogens is 418 g/mol. The summed E-state index contributed by atoms with van der Waals surface area (Å²) in [4.78, 5) is 5.02. The van der Waals surface area contributed by atoms with Gasteiger partial charge in [-0.1, -0.05) is 13.3 Å². The molecule has 1 aliphatic heterocycles. The molecule has 0 aromatic carbocycles. The van der Waals surface area contributed by atoms with Crippen LogP contribution in [0.3, 0.4) is 0 Å². The van der Waals surface area contributed by atoms with Crippen LogP contribution in [0.5, 0.6) is 0 Å². The predicted molar refractivity (Wildman–Crippen MR) is 122 cm³/mol. The first-order valence-electron chi connectivity index (χ1n) is 11.7. The van der Waals surface area contributed by atoms with E-state index in [0.717, 1.165) is 28.0 Å². The van der Waals surface area contributed by atoms with Crippen molar-refractivity contribution in [2.75, 3.05) is 6.61 Å². The molecule has 0 N–H and O–H groups in total. The molecule has 0 amide bonds. The standard InChI is InChI=1S/C24H29N7O2/c1-16-5-4-6-21(16)30-12-18(10-27-30)23-22-7-8-25-31(22)14-20(28-23)17-9-26-29(11-17)13-19-15-32-24(2,3)33-19/h7-12,14,16,19,21H,4-6,13,15H2,1-3H3/t16-,19?,21+/m0/s1. The molecule has 6 rings (SSSR count). The van der Waals surface area contributed by atoms with Gasteiger partial charge in [-0.25, -0.2) is 9.50 Å². The van der Waals surface area contributed by atoms with Crippen molar-refractivity contribution in [3.05, 3.63) is 43.2 Å². The topological polar surface area (TPSA) is 84.3 Å². The maximum Gasteiger partial charge on any atom is 0.163 e. The van der Waals surface area contributed by atoms with Crippen molar-refractivity contribution in [1.29, 1.82) is 0 Å². The van der Waals surface area contributed by atoms with E-state index in [1.807, 2.05) is 53.9 Å². The number of fused-ring (bicyclic) bond motifs is 1. The van der Waals surface area contributed by atoms with E-state index in [1.54, 1.807) is 6.20 Å². The number of rotatable bonds is 5. The SMILES string of the molecule is C[C@H]1CCC[C@H]1n1cc(-c2nc(-c3cnn(CC4COC(C)(C)O4)c3)cn3nccc23)cn1. The van der Waals surface area contributed by atoms with Gasteiger partial charge in [0, 0.05) is 23.5 Å². The average Bonchev–Trinajstić information content (AvgIpc) is 3.59. The second kappa shape index (κ2) is 7.78. The fourth-order valence-corrected chi connectivity index (χ4v) is 5.10. The summed E-state index contributed by atoms with van der Waals surface area (Å²) in [5, 5.41) is 13.7. The largest absolute Gasteiger partial charge is 0.348 e. The van der Waals surface area contributed by atoms with Crippen LogP contribution in [0, 0.1) is 5.92 Å². The van der Waals surface area contributed by atoms with Gasteiger partial charge < -0.3 is 9.47 Å². The fraction of sp³-hybridized carbons (Fsp3) is 0.500. The molecule has 0 bridgehead atoms. The lowest BCUT2D eigenvalue weighted by Crippen LogP contribution is -2.24. The van der Waals surface area contributed by atoms with E-state index >= 15 is 0 Å². The summed E-state index contributed by atoms with van der Waals surface area (Å²) in [5.41, 5.74) is 4.60. The summed E-state index contributed by atoms with van der Waals surface area (Å²) in [6, 6.07) is 2.46. The van der Waals surface area contributed by atoms with E-state index in [2.05, 4.69) is 28.0 Å². The first kappa shape index (κ1) is 20.6. The van der Waals surface area contributed by atoms with Crippen molar-refractivity contribution in [3.8, 4) is 22.5 Å². The van der Waals surface area contributed by atoms with Gasteiger partial charge in [-0.2, -0.15) is 15.3 Å². The molecule has 4 aromatic rings. The number of hydrogen-bond acceptors (Lipinski definition) is 6. The molecule has 1 unspecified atom stereocenters. The van der Waals surface area contributed by atoms with Gasteiger partial charge in [0.1, 0.15) is 6.10 Å². The summed E-state index contributed by atoms with van der Waals surface area (Å²) in [7, 11) is 0. The van der Waals surface area contributed by atoms with Crippen LogP contribution in [0.25, 0.3) is 28.0 Å². The van der Waals surface area contributed by atoms with Crippen LogP contribution in [-0.4, -0.2) is 52.7 Å². The molecule has 5 heterocycles. The normalized spacial score (nSPS) is 24.8. The summed E-state index contributed by atoms with van der Waals surface area (Å²) >= 11 is 0. The summed E-state index contributed by atoms with van der Waals surface area (Å²) in [5.74, 6) is 0.112. The van der Waals surface area contributed by atoms with Crippen molar-refractivity contribution >= 4 is 5.52 Å². The zero-order chi connectivity index (χ0) is 22.6. The second-order valence-corrected chi connectivity index (χ2v) is 9.72. The Morgan fingerprint density at radius 1 is 1.06 bits per heavy atom. The number of aromatic nitrogens is 7. The van der Waals surface area contributed by atoms with Gasteiger partial charge in [0.25, 0.3) is 0 Å². The van der Waals surface area contributed by atoms with E-state index in [9.17, 15) is 0 Å². The van der Waals surface area contributed by atoms with E-state index in [1.165, 1.54) is 19.3 Å². The Morgan fingerprint density at radius 2 is 1.94 bits per heavy atom. The van der Waals surface area contributed by atoms with Crippen LogP contribution >= 0.6 is 0 Å². The Hall–Kier alpha value is -3.04. The quantitative estimate of drug-likeness (QED) is 0.460. The highest BCUT2D eigenvalue weighted by atomic mass is 16.7. The maximum atomic E-state index is 5.92. The van der Waals surface area contributed by atoms with Gasteiger partial charge in [0.05, 0.1) is 60.9 Å². The van der Waals surface area contributed by atoms with Crippen molar-refractivity contribution < 1.29 is 9.47 Å². The summed E-state index contributed by atoms with van der Waals surface area (Å²) in [6.45, 7) is 7.37. The van der Waals surface area contributed by atoms with E-state index < -0.39 is 5.79 Å². The molecule has 3 atom stereocenters. The van der Waals surface area contributed by atoms with Gasteiger partial charge in [0.15, 0.2) is 5.79 Å². The Kier molecular flexibility index (Phi) is 4.84. The Bertz CT molecular complexity index is 1290. The minimum Gasteiger partial charge on any atom is -0.348 e. The molecule has 172 valence electrons. The van der Waals surface area contributed by atoms with E-state index in [4.69, 9.17) is 19.6 Å². The number of hydrogen-bond donors (Lipinski definition) is 0. The lowest BCUT2D eigenvalue weighted by atomic mass is 10.1. The van der Waals surface area contributed by atoms with Crippen LogP contribution in [-0.2, 0) is 16.0 Å². The molecule has 33 heavy (non-hydrogen) atoms. The third-order valence-electron chi connectivity index (χ3n) is 6.81. The molecule has 2 fully saturated rings. The first-order chi connectivity index (χ1) is 15.9. The third-order valence-corrected chi connectivity index (χ3v) is 6.81. The minimum atomic E-state index is -0.539. The number of nitrogens with zero attached hydrogens (tertiary/aromatic N) is 7. The highest BCUT2D eigenvalue weighted by Crippen LogP contribution is 2.36. The molecule has 9 heteroatoms. The smallest absolute Gasteiger partial charge is 0.163 e. The Labute approximate surface area is 192 Å². The molecule has 2 aliphatic rings. The fourth-order valence-electron chi connectivity index (χ4n) is 5.10. The predicted octanol–water partition coefficient (Wildman–Crippen LogP) is 3.97. The molecule has 4 aromatic heterocycles. The van der Waals surface area contributed by atoms with Gasteiger partial charge in [0.2, 0.25) is 0 Å². The van der Waals surface area contributed by atoms with Crippen molar-refractivity contribution in [2.45, 2.75) is 64.5 Å². The monoisotopic (exact) mass is 447 g/mol. The molecule has 0 radical (unpaired) electrons. The molecule has 1 aliphatic carbocycles. The zero-order valence-electron chi connectivity index (χ0n) is 19.3. The van der Waals surface area contributed by atoms with E-state index in [0.29, 0.717) is 25.1 Å². The van der Waals surface area contributed by atoms with Gasteiger partial charge in [-0.05, 0) is 38.7 Å². The van der Waals surface area contributed by atoms with Crippen LogP contribution in [0.4, 0.5) is 0 Å². The van der Waals surface area contributed by atoms with Crippen LogP contribution in [0.1, 0.15) is 46.1 Å². The van der Waals surface area contributed by atoms with Crippen molar-refractivity contribution in [2.24, 2.45) is 5.92 Å². The molecule has 0 spiro atoms. The Morgan fingerprint density at radius 3 is 2.73 bits per heavy atom. The second-order valence-electron chi connectivity index (χ2n) is 9.72. The molecule has 1 saturated carbocycles. The molecule has 1 saturated heterocycles. The first-order valence-corrected chi connectivity index (χ1v) is 11.7. The van der Waals surface area contributed by atoms with Crippen LogP contribution in [0.2, 0.25) is 0 Å². The van der Waals surface area contributed by atoms with Crippen LogP contribution < -0.4 is 0 Å². The third kappa shape index (κ3) is 3.85. The summed E-state index contributed by atoms with van der Waals surface area (Å²) in [6.07, 6.45) is 15.3. The lowest BCUT2D eigenvalue weighted by Gasteiger charge is -2.16. The number of ether oxygens (including phenoxy) is 2. The molecule has 9 nitrogen and oxygen atoms in total. The lowest BCUT2D eigenvalue weighted by molar-refractivity contribution is -0.139. The molecular formula is C24H29N7O2. The maximum absolute atomic E-state index is 5.92. The van der Waals surface area contributed by atoms with Gasteiger partial charge in [-0.15, -0.1) is 0 Å². The highest BCUT2D eigenvalue weighted by Gasteiger charge is 2.33. The van der Waals surface area contributed by atoms with Crippen LogP contribution in [0.15, 0.2) is 43.2 Å². The van der Waals surface area contributed by atoms with E-state index in [-0.39, 0.29) is 6.10 Å². The van der Waals surface area contributed by atoms with Crippen molar-refractivity contribution in [3.63, 3.8) is 0 Å². The Balaban J connectivity index is 1.31. The highest BCUT2D eigenvalue weighted by molar-refractivity contribution is 5.78. The zero-order valence-corrected chi connectivity index (χ0v) is 19.3. The average molecular weight is 448 g/mol.